The van der Waals surface area contributed by atoms with Crippen molar-refractivity contribution in [1.82, 2.24) is 0 Å². The second-order valence-electron chi connectivity index (χ2n) is 12.7. The van der Waals surface area contributed by atoms with Crippen molar-refractivity contribution in [2.45, 2.75) is 86.3 Å². The van der Waals surface area contributed by atoms with Gasteiger partial charge in [-0.05, 0) is 53.5 Å². The molecule has 0 spiro atoms. The van der Waals surface area contributed by atoms with E-state index in [4.69, 9.17) is 0 Å². The Morgan fingerprint density at radius 2 is 1.20 bits per heavy atom. The van der Waals surface area contributed by atoms with Gasteiger partial charge in [-0.25, -0.2) is 4.79 Å². The quantitative estimate of drug-likeness (QED) is 0.0697. The van der Waals surface area contributed by atoms with E-state index >= 15 is 0 Å². The molecule has 0 saturated carbocycles. The van der Waals surface area contributed by atoms with Gasteiger partial charge in [0, 0.05) is 50.4 Å². The van der Waals surface area contributed by atoms with E-state index in [2.05, 4.69) is 4.99 Å². The minimum Gasteiger partial charge on any atom is -0.507 e. The highest BCUT2D eigenvalue weighted by Crippen LogP contribution is 2.54. The lowest BCUT2D eigenvalue weighted by atomic mass is 9.83. The zero-order valence-electron chi connectivity index (χ0n) is 27.4. The molecule has 10 heteroatoms. The van der Waals surface area contributed by atoms with Crippen molar-refractivity contribution < 1.29 is 45.6 Å². The summed E-state index contributed by atoms with van der Waals surface area (Å²) in [6.45, 7) is 13.6. The van der Waals surface area contributed by atoms with Crippen LogP contribution in [0.2, 0.25) is 0 Å². The predicted octanol–water partition coefficient (Wildman–Crippen LogP) is 7.17. The maximum absolute atomic E-state index is 12.1. The highest BCUT2D eigenvalue weighted by Gasteiger charge is 2.30. The summed E-state index contributed by atoms with van der Waals surface area (Å²) in [4.78, 5) is 16.3. The third-order valence-electron chi connectivity index (χ3n) is 9.01. The van der Waals surface area contributed by atoms with Crippen LogP contribution < -0.4 is 0 Å². The number of aromatic hydroxyl groups is 6. The van der Waals surface area contributed by atoms with Crippen LogP contribution in [0.4, 0.5) is 0 Å². The van der Waals surface area contributed by atoms with E-state index in [-0.39, 0.29) is 68.0 Å². The summed E-state index contributed by atoms with van der Waals surface area (Å²) in [7, 11) is 0. The van der Waals surface area contributed by atoms with E-state index in [1.54, 1.807) is 32.9 Å². The monoisotopic (exact) mass is 633 g/mol. The number of phenols is 6. The Morgan fingerprint density at radius 3 is 1.63 bits per heavy atom. The number of benzene rings is 4. The number of phenolic OH excluding ortho intramolecular Hbond substituents is 5. The van der Waals surface area contributed by atoms with Crippen molar-refractivity contribution in [3.63, 3.8) is 0 Å². The molecular weight excluding hydrogens is 590 g/mol. The number of rotatable bonds is 9. The average Bonchev–Trinajstić information content (AvgIpc) is 2.97. The van der Waals surface area contributed by atoms with Crippen molar-refractivity contribution in [2.24, 2.45) is 10.9 Å². The van der Waals surface area contributed by atoms with Gasteiger partial charge in [0.25, 0.3) is 0 Å². The molecular formula is C36H43NO9. The largest absolute Gasteiger partial charge is 0.507 e. The Kier molecular flexibility index (Phi) is 9.36. The van der Waals surface area contributed by atoms with Gasteiger partial charge in [0.2, 0.25) is 0 Å². The van der Waals surface area contributed by atoms with E-state index in [9.17, 15) is 45.6 Å². The summed E-state index contributed by atoms with van der Waals surface area (Å²) in [6.07, 6.45) is 1.67. The molecule has 46 heavy (non-hydrogen) atoms. The van der Waals surface area contributed by atoms with E-state index < -0.39 is 35.9 Å². The Hall–Kier alpha value is -4.70. The van der Waals surface area contributed by atoms with Crippen LogP contribution in [0.15, 0.2) is 17.1 Å². The van der Waals surface area contributed by atoms with Crippen LogP contribution in [-0.4, -0.2) is 59.1 Å². The number of aryl methyl sites for hydroxylation is 2. The van der Waals surface area contributed by atoms with Gasteiger partial charge in [-0.2, -0.15) is 0 Å². The summed E-state index contributed by atoms with van der Waals surface area (Å²) < 4.78 is 0. The van der Waals surface area contributed by atoms with Crippen LogP contribution in [0, 0.1) is 19.8 Å². The molecule has 2 atom stereocenters. The van der Waals surface area contributed by atoms with Crippen molar-refractivity contribution in [2.75, 3.05) is 0 Å². The number of hydrogen-bond donors (Lipinski definition) is 8. The fraction of sp³-hybridized carbons (Fsp3) is 0.389. The smallest absolute Gasteiger partial charge is 0.328 e. The lowest BCUT2D eigenvalue weighted by molar-refractivity contribution is -0.139. The number of carboxylic acids is 1. The van der Waals surface area contributed by atoms with Crippen LogP contribution in [0.3, 0.4) is 0 Å². The molecule has 0 heterocycles. The van der Waals surface area contributed by atoms with E-state index in [0.717, 1.165) is 6.21 Å². The molecule has 0 amide bonds. The Balaban J connectivity index is 2.22. The van der Waals surface area contributed by atoms with Gasteiger partial charge in [0.15, 0.2) is 23.0 Å². The molecule has 0 unspecified atom stereocenters. The first-order valence-electron chi connectivity index (χ1n) is 15.4. The van der Waals surface area contributed by atoms with Crippen molar-refractivity contribution in [1.29, 1.82) is 0 Å². The fourth-order valence-electron chi connectivity index (χ4n) is 6.53. The number of carboxylic acid groups (broad SMARTS) is 1. The zero-order valence-corrected chi connectivity index (χ0v) is 27.4. The fourth-order valence-corrected chi connectivity index (χ4v) is 6.53. The van der Waals surface area contributed by atoms with Gasteiger partial charge in [-0.1, -0.05) is 60.1 Å². The first-order valence-corrected chi connectivity index (χ1v) is 15.4. The van der Waals surface area contributed by atoms with Gasteiger partial charge in [-0.3, -0.25) is 4.99 Å². The number of carbonyl (C=O) groups is 1. The molecule has 4 aromatic carbocycles. The molecule has 4 rings (SSSR count). The van der Waals surface area contributed by atoms with Gasteiger partial charge in [0.05, 0.1) is 6.61 Å². The third kappa shape index (κ3) is 5.30. The number of aliphatic imine (C=N–C) groups is 1. The number of aliphatic carboxylic acids is 1. The number of hydrogen-bond acceptors (Lipinski definition) is 9. The van der Waals surface area contributed by atoms with Crippen LogP contribution in [-0.2, 0) is 11.4 Å². The van der Waals surface area contributed by atoms with Gasteiger partial charge >= 0.3 is 5.97 Å². The SMILES string of the molecule is CC[C@H](C)[C@H](N=Cc1c(O)c(O)c(C(C)C)c2cc(C)c(-c3c(C)cc4c(C(C)C)c(O)c(O)c(CO)c4c3O)c(O)c12)C(=O)O. The Bertz CT molecular complexity index is 1910. The summed E-state index contributed by atoms with van der Waals surface area (Å²) in [5, 5.41) is 89.0. The Labute approximate surface area is 267 Å². The van der Waals surface area contributed by atoms with Crippen molar-refractivity contribution >= 4 is 33.7 Å². The molecule has 0 fully saturated rings. The molecule has 0 saturated heterocycles. The molecule has 0 aliphatic heterocycles. The van der Waals surface area contributed by atoms with Crippen LogP contribution in [0.1, 0.15) is 93.2 Å². The number of fused-ring (bicyclic) bond motifs is 2. The summed E-state index contributed by atoms with van der Waals surface area (Å²) in [5.74, 6) is -4.73. The molecule has 0 aliphatic rings. The van der Waals surface area contributed by atoms with E-state index in [1.807, 2.05) is 34.6 Å². The molecule has 246 valence electrons. The maximum Gasteiger partial charge on any atom is 0.328 e. The second kappa shape index (κ2) is 12.6. The summed E-state index contributed by atoms with van der Waals surface area (Å²) in [5.41, 5.74) is 1.92. The molecule has 0 radical (unpaired) electrons. The molecule has 0 aromatic heterocycles. The minimum absolute atomic E-state index is 0.0872. The summed E-state index contributed by atoms with van der Waals surface area (Å²) >= 11 is 0. The highest BCUT2D eigenvalue weighted by molar-refractivity contribution is 6.13. The second-order valence-corrected chi connectivity index (χ2v) is 12.7. The molecule has 0 bridgehead atoms. The minimum atomic E-state index is -1.16. The van der Waals surface area contributed by atoms with Gasteiger partial charge in [0.1, 0.15) is 17.5 Å². The molecule has 8 N–H and O–H groups in total. The zero-order chi connectivity index (χ0) is 34.5. The van der Waals surface area contributed by atoms with Gasteiger partial charge in [-0.15, -0.1) is 0 Å². The van der Waals surface area contributed by atoms with Crippen molar-refractivity contribution in [3.8, 4) is 45.6 Å². The molecule has 4 aromatic rings. The lowest BCUT2D eigenvalue weighted by Crippen LogP contribution is -2.25. The van der Waals surface area contributed by atoms with Gasteiger partial charge < -0.3 is 40.9 Å². The topological polar surface area (TPSA) is 191 Å². The van der Waals surface area contributed by atoms with E-state index in [1.165, 1.54) is 0 Å². The number of nitrogens with zero attached hydrogens (tertiary/aromatic N) is 1. The third-order valence-corrected chi connectivity index (χ3v) is 9.01. The van der Waals surface area contributed by atoms with Crippen molar-refractivity contribution in [3.05, 3.63) is 45.5 Å². The first kappa shape index (κ1) is 34.2. The predicted molar refractivity (Wildman–Crippen MR) is 179 cm³/mol. The highest BCUT2D eigenvalue weighted by atomic mass is 16.4. The maximum atomic E-state index is 12.1. The molecule has 0 aliphatic carbocycles. The first-order chi connectivity index (χ1) is 21.5. The number of aliphatic hydroxyl groups is 1. The van der Waals surface area contributed by atoms with Crippen LogP contribution in [0.5, 0.6) is 34.5 Å². The average molecular weight is 634 g/mol. The number of aliphatic hydroxyl groups excluding tert-OH is 1. The Morgan fingerprint density at radius 1 is 0.739 bits per heavy atom. The van der Waals surface area contributed by atoms with E-state index in [0.29, 0.717) is 39.4 Å². The summed E-state index contributed by atoms with van der Waals surface area (Å²) in [6, 6.07) is 2.27. The van der Waals surface area contributed by atoms with Crippen LogP contribution >= 0.6 is 0 Å². The lowest BCUT2D eigenvalue weighted by Gasteiger charge is -2.24. The molecule has 10 nitrogen and oxygen atoms in total. The van der Waals surface area contributed by atoms with Crippen LogP contribution in [0.25, 0.3) is 32.7 Å². The standard InChI is InChI=1S/C36H43NO9/c1-9-16(6)29(36(45)46)37-12-21-27-19(23(14(2)3)34(43)30(21)39)10-17(7)25(32(27)41)26-18(8)11-20-24(15(4)5)35(44)31(40)22(13-38)28(20)33(26)42/h10-12,14-16,29,38-44H,9,13H2,1-8H3,(H,45,46)/t16-,29-/m0/s1. The normalized spacial score (nSPS) is 13.5.